The van der Waals surface area contributed by atoms with Crippen LogP contribution in [0.1, 0.15) is 30.0 Å². The van der Waals surface area contributed by atoms with Crippen LogP contribution < -0.4 is 10.2 Å². The molecule has 1 aliphatic rings. The lowest BCUT2D eigenvalue weighted by Crippen LogP contribution is -2.49. The Balaban J connectivity index is 1.95. The summed E-state index contributed by atoms with van der Waals surface area (Å²) in [4.78, 5) is 26.1. The summed E-state index contributed by atoms with van der Waals surface area (Å²) in [5, 5.41) is 2.12. The molecule has 0 aliphatic carbocycles. The zero-order valence-electron chi connectivity index (χ0n) is 15.6. The largest absolute Gasteiger partial charge is 0.416 e. The molecule has 0 saturated carbocycles. The number of hydrogen-bond acceptors (Lipinski definition) is 2. The maximum atomic E-state index is 13.0. The van der Waals surface area contributed by atoms with Crippen molar-refractivity contribution in [1.29, 1.82) is 0 Å². The van der Waals surface area contributed by atoms with Gasteiger partial charge in [-0.2, -0.15) is 26.3 Å². The molecule has 3 rings (SSSR count). The van der Waals surface area contributed by atoms with Crippen molar-refractivity contribution in [2.45, 2.75) is 38.2 Å². The third-order valence-corrected chi connectivity index (χ3v) is 4.75. The Kier molecular flexibility index (Phi) is 5.53. The Morgan fingerprint density at radius 1 is 0.967 bits per heavy atom. The van der Waals surface area contributed by atoms with Gasteiger partial charge in [0.05, 0.1) is 11.1 Å². The number of benzene rings is 2. The Bertz CT molecular complexity index is 952. The smallest absolute Gasteiger partial charge is 0.324 e. The second kappa shape index (κ2) is 7.66. The van der Waals surface area contributed by atoms with Crippen LogP contribution in [-0.4, -0.2) is 17.9 Å². The highest BCUT2D eigenvalue weighted by molar-refractivity contribution is 6.05. The summed E-state index contributed by atoms with van der Waals surface area (Å²) < 4.78 is 78.2. The van der Waals surface area contributed by atoms with Gasteiger partial charge in [0.2, 0.25) is 11.8 Å². The predicted molar refractivity (Wildman–Crippen MR) is 96.8 cm³/mol. The van der Waals surface area contributed by atoms with Crippen molar-refractivity contribution in [2.75, 3.05) is 10.2 Å². The number of nitrogens with one attached hydrogen (secondary N) is 1. The summed E-state index contributed by atoms with van der Waals surface area (Å²) in [6, 6.07) is 6.61. The zero-order chi connectivity index (χ0) is 22.3. The molecule has 1 heterocycles. The molecule has 1 unspecified atom stereocenters. The standard InChI is InChI=1S/C20H16F6N2O2/c1-11(29)28-16-5-3-2-4-12(16)6-7-17(28)18(30)27-15-9-13(19(21,22)23)8-14(10-15)20(24,25)26/h2-5,8-10,17H,6-7H2,1H3,(H,27,30). The van der Waals surface area contributed by atoms with Crippen molar-refractivity contribution in [3.8, 4) is 0 Å². The summed E-state index contributed by atoms with van der Waals surface area (Å²) in [5.74, 6) is -1.34. The fourth-order valence-corrected chi connectivity index (χ4v) is 3.44. The number of alkyl halides is 6. The van der Waals surface area contributed by atoms with Crippen LogP contribution in [0.2, 0.25) is 0 Å². The number of aryl methyl sites for hydroxylation is 1. The van der Waals surface area contributed by atoms with Gasteiger partial charge in [0.1, 0.15) is 6.04 Å². The molecule has 160 valence electrons. The van der Waals surface area contributed by atoms with Gasteiger partial charge >= 0.3 is 12.4 Å². The Morgan fingerprint density at radius 2 is 1.53 bits per heavy atom. The molecular weight excluding hydrogens is 414 g/mol. The van der Waals surface area contributed by atoms with E-state index in [0.29, 0.717) is 24.2 Å². The van der Waals surface area contributed by atoms with E-state index in [9.17, 15) is 35.9 Å². The summed E-state index contributed by atoms with van der Waals surface area (Å²) in [6.07, 6.45) is -9.46. The van der Waals surface area contributed by atoms with Crippen molar-refractivity contribution in [3.05, 3.63) is 59.2 Å². The lowest BCUT2D eigenvalue weighted by Gasteiger charge is -2.35. The van der Waals surface area contributed by atoms with Crippen LogP contribution >= 0.6 is 0 Å². The van der Waals surface area contributed by atoms with E-state index in [1.54, 1.807) is 24.3 Å². The molecule has 0 spiro atoms. The van der Waals surface area contributed by atoms with Gasteiger partial charge < -0.3 is 5.32 Å². The minimum atomic E-state index is -5.03. The van der Waals surface area contributed by atoms with E-state index in [4.69, 9.17) is 0 Å². The molecule has 2 aromatic rings. The molecule has 0 fully saturated rings. The number of carbonyl (C=O) groups excluding carboxylic acids is 2. The van der Waals surface area contributed by atoms with Crippen LogP contribution in [0.15, 0.2) is 42.5 Å². The highest BCUT2D eigenvalue weighted by atomic mass is 19.4. The Morgan fingerprint density at radius 3 is 2.07 bits per heavy atom. The average molecular weight is 430 g/mol. The first kappa shape index (κ1) is 21.7. The number of para-hydroxylation sites is 1. The van der Waals surface area contributed by atoms with Crippen LogP contribution in [0.3, 0.4) is 0 Å². The Labute approximate surface area is 167 Å². The second-order valence-electron chi connectivity index (χ2n) is 6.86. The van der Waals surface area contributed by atoms with E-state index >= 15 is 0 Å². The van der Waals surface area contributed by atoms with Crippen molar-refractivity contribution < 1.29 is 35.9 Å². The summed E-state index contributed by atoms with van der Waals surface area (Å²) in [5.41, 5.74) is -2.42. The highest BCUT2D eigenvalue weighted by Crippen LogP contribution is 2.38. The monoisotopic (exact) mass is 430 g/mol. The normalized spacial score (nSPS) is 16.8. The third kappa shape index (κ3) is 4.42. The summed E-state index contributed by atoms with van der Waals surface area (Å²) >= 11 is 0. The molecule has 0 radical (unpaired) electrons. The summed E-state index contributed by atoms with van der Waals surface area (Å²) in [7, 11) is 0. The van der Waals surface area contributed by atoms with E-state index in [2.05, 4.69) is 5.32 Å². The average Bonchev–Trinajstić information content (AvgIpc) is 2.65. The lowest BCUT2D eigenvalue weighted by atomic mass is 9.95. The maximum absolute atomic E-state index is 13.0. The van der Waals surface area contributed by atoms with Gasteiger partial charge in [-0.3, -0.25) is 14.5 Å². The van der Waals surface area contributed by atoms with Crippen molar-refractivity contribution >= 4 is 23.2 Å². The number of anilines is 2. The minimum Gasteiger partial charge on any atom is -0.324 e. The molecule has 0 aromatic heterocycles. The number of fused-ring (bicyclic) bond motifs is 1. The topological polar surface area (TPSA) is 49.4 Å². The van der Waals surface area contributed by atoms with Crippen molar-refractivity contribution in [1.82, 2.24) is 0 Å². The van der Waals surface area contributed by atoms with Crippen molar-refractivity contribution in [3.63, 3.8) is 0 Å². The zero-order valence-corrected chi connectivity index (χ0v) is 15.6. The van der Waals surface area contributed by atoms with E-state index in [1.165, 1.54) is 11.8 Å². The molecule has 0 bridgehead atoms. The lowest BCUT2D eigenvalue weighted by molar-refractivity contribution is -0.143. The van der Waals surface area contributed by atoms with Crippen LogP contribution in [0.25, 0.3) is 0 Å². The molecule has 2 amide bonds. The predicted octanol–water partition coefficient (Wildman–Crippen LogP) is 5.03. The quantitative estimate of drug-likeness (QED) is 0.680. The molecule has 2 aromatic carbocycles. The number of nitrogens with zero attached hydrogens (tertiary/aromatic N) is 1. The fourth-order valence-electron chi connectivity index (χ4n) is 3.44. The highest BCUT2D eigenvalue weighted by Gasteiger charge is 2.38. The summed E-state index contributed by atoms with van der Waals surface area (Å²) in [6.45, 7) is 1.23. The first-order valence-corrected chi connectivity index (χ1v) is 8.86. The molecule has 0 saturated heterocycles. The maximum Gasteiger partial charge on any atom is 0.416 e. The van der Waals surface area contributed by atoms with Gasteiger partial charge in [0, 0.05) is 18.3 Å². The number of halogens is 6. The van der Waals surface area contributed by atoms with Crippen molar-refractivity contribution in [2.24, 2.45) is 0 Å². The van der Waals surface area contributed by atoms with Crippen LogP contribution in [0, 0.1) is 0 Å². The molecule has 1 atom stereocenters. The molecule has 4 nitrogen and oxygen atoms in total. The van der Waals surface area contributed by atoms with Crippen LogP contribution in [0.5, 0.6) is 0 Å². The molecular formula is C20H16F6N2O2. The molecule has 30 heavy (non-hydrogen) atoms. The van der Waals surface area contributed by atoms with Gasteiger partial charge in [-0.1, -0.05) is 18.2 Å². The van der Waals surface area contributed by atoms with Crippen LogP contribution in [-0.2, 0) is 28.4 Å². The van der Waals surface area contributed by atoms with Gasteiger partial charge in [0.25, 0.3) is 0 Å². The van der Waals surface area contributed by atoms with E-state index in [-0.39, 0.29) is 12.5 Å². The second-order valence-corrected chi connectivity index (χ2v) is 6.86. The van der Waals surface area contributed by atoms with E-state index < -0.39 is 47.0 Å². The number of rotatable bonds is 2. The van der Waals surface area contributed by atoms with Crippen LogP contribution in [0.4, 0.5) is 37.7 Å². The van der Waals surface area contributed by atoms with Gasteiger partial charge in [-0.25, -0.2) is 0 Å². The SMILES string of the molecule is CC(=O)N1c2ccccc2CCC1C(=O)Nc1cc(C(F)(F)F)cc(C(F)(F)F)c1. The number of hydrogen-bond donors (Lipinski definition) is 1. The van der Waals surface area contributed by atoms with E-state index in [1.807, 2.05) is 0 Å². The number of amides is 2. The Hall–Kier alpha value is -3.04. The van der Waals surface area contributed by atoms with Gasteiger partial charge in [-0.15, -0.1) is 0 Å². The first-order valence-electron chi connectivity index (χ1n) is 8.86. The fraction of sp³-hybridized carbons (Fsp3) is 0.300. The number of carbonyl (C=O) groups is 2. The molecule has 10 heteroatoms. The molecule has 1 aliphatic heterocycles. The minimum absolute atomic E-state index is 0.0195. The van der Waals surface area contributed by atoms with E-state index in [0.717, 1.165) is 5.56 Å². The molecule has 1 N–H and O–H groups in total. The third-order valence-electron chi connectivity index (χ3n) is 4.75. The van der Waals surface area contributed by atoms with Gasteiger partial charge in [-0.05, 0) is 42.7 Å². The van der Waals surface area contributed by atoms with Gasteiger partial charge in [0.15, 0.2) is 0 Å². The first-order chi connectivity index (χ1) is 13.9.